The van der Waals surface area contributed by atoms with Crippen molar-refractivity contribution >= 4 is 51.0 Å². The van der Waals surface area contributed by atoms with Crippen LogP contribution < -0.4 is 5.32 Å². The number of amides is 1. The van der Waals surface area contributed by atoms with Gasteiger partial charge in [0.1, 0.15) is 22.9 Å². The Morgan fingerprint density at radius 3 is 2.86 bits per heavy atom. The smallest absolute Gasteiger partial charge is 0.268 e. The van der Waals surface area contributed by atoms with Gasteiger partial charge in [0.25, 0.3) is 5.91 Å². The molecule has 0 spiro atoms. The van der Waals surface area contributed by atoms with E-state index in [1.807, 2.05) is 36.4 Å². The molecule has 0 aliphatic carbocycles. The molecule has 0 atom stereocenters. The Morgan fingerprint density at radius 1 is 1.18 bits per heavy atom. The molecule has 4 aromatic rings. The van der Waals surface area contributed by atoms with E-state index >= 15 is 0 Å². The van der Waals surface area contributed by atoms with Crippen LogP contribution in [-0.4, -0.2) is 16.1 Å². The molecule has 6 nitrogen and oxygen atoms in total. The summed E-state index contributed by atoms with van der Waals surface area (Å²) in [6, 6.07) is 19.6. The molecule has 0 aliphatic rings. The third-order valence-electron chi connectivity index (χ3n) is 3.79. The third kappa shape index (κ3) is 3.96. The molecule has 0 saturated heterocycles. The van der Waals surface area contributed by atoms with E-state index in [2.05, 4.69) is 33.7 Å². The molecule has 1 N–H and O–H groups in total. The predicted molar refractivity (Wildman–Crippen MR) is 109 cm³/mol. The predicted octanol–water partition coefficient (Wildman–Crippen LogP) is 4.98. The highest BCUT2D eigenvalue weighted by molar-refractivity contribution is 7.99. The van der Waals surface area contributed by atoms with Gasteiger partial charge < -0.3 is 4.42 Å². The maximum absolute atomic E-state index is 12.2. The largest absolute Gasteiger partial charge is 0.450 e. The van der Waals surface area contributed by atoms with Gasteiger partial charge in [0.15, 0.2) is 5.09 Å². The number of nitriles is 1. The zero-order chi connectivity index (χ0) is 19.3. The van der Waals surface area contributed by atoms with E-state index in [0.717, 1.165) is 15.7 Å². The van der Waals surface area contributed by atoms with Gasteiger partial charge in [-0.2, -0.15) is 5.26 Å². The van der Waals surface area contributed by atoms with E-state index < -0.39 is 5.91 Å². The summed E-state index contributed by atoms with van der Waals surface area (Å²) in [6.07, 6.45) is 1.41. The van der Waals surface area contributed by atoms with E-state index in [0.29, 0.717) is 16.0 Å². The summed E-state index contributed by atoms with van der Waals surface area (Å²) in [5, 5.41) is 22.5. The molecule has 0 unspecified atom stereocenters. The normalized spacial score (nSPS) is 11.3. The quantitative estimate of drug-likeness (QED) is 0.372. The first-order valence-electron chi connectivity index (χ1n) is 8.18. The lowest BCUT2D eigenvalue weighted by atomic mass is 10.1. The number of hydrogen-bond acceptors (Lipinski definition) is 7. The SMILES string of the molecule is N#C/C(=C/c1ccc(Sc2cccc3ccccc23)o1)C(=O)Nc1nncs1. The van der Waals surface area contributed by atoms with E-state index in [-0.39, 0.29) is 5.57 Å². The van der Waals surface area contributed by atoms with Crippen molar-refractivity contribution in [2.45, 2.75) is 9.99 Å². The molecule has 0 aliphatic heterocycles. The monoisotopic (exact) mass is 404 g/mol. The Kier molecular flexibility index (Phi) is 5.19. The number of fused-ring (bicyclic) bond motifs is 1. The van der Waals surface area contributed by atoms with Crippen LogP contribution in [0.15, 0.2) is 80.1 Å². The topological polar surface area (TPSA) is 91.8 Å². The lowest BCUT2D eigenvalue weighted by molar-refractivity contribution is -0.112. The van der Waals surface area contributed by atoms with Gasteiger partial charge in [-0.15, -0.1) is 10.2 Å². The van der Waals surface area contributed by atoms with E-state index in [1.54, 1.807) is 6.07 Å². The van der Waals surface area contributed by atoms with Crippen LogP contribution in [0.1, 0.15) is 5.76 Å². The van der Waals surface area contributed by atoms with E-state index in [4.69, 9.17) is 4.42 Å². The number of nitrogens with zero attached hydrogens (tertiary/aromatic N) is 3. The number of hydrogen-bond donors (Lipinski definition) is 1. The Morgan fingerprint density at radius 2 is 2.04 bits per heavy atom. The van der Waals surface area contributed by atoms with Crippen molar-refractivity contribution in [3.05, 3.63) is 71.4 Å². The van der Waals surface area contributed by atoms with Crippen LogP contribution >= 0.6 is 23.1 Å². The van der Waals surface area contributed by atoms with Crippen LogP contribution in [0, 0.1) is 11.3 Å². The average Bonchev–Trinajstić information content (AvgIpc) is 3.38. The number of aromatic nitrogens is 2. The molecule has 2 aromatic carbocycles. The summed E-state index contributed by atoms with van der Waals surface area (Å²) in [5.74, 6) is -0.134. The Bertz CT molecular complexity index is 1200. The lowest BCUT2D eigenvalue weighted by Crippen LogP contribution is -2.13. The first-order chi connectivity index (χ1) is 13.7. The van der Waals surface area contributed by atoms with Crippen molar-refractivity contribution in [1.29, 1.82) is 5.26 Å². The van der Waals surface area contributed by atoms with Gasteiger partial charge in [0.05, 0.1) is 0 Å². The van der Waals surface area contributed by atoms with Crippen molar-refractivity contribution in [2.24, 2.45) is 0 Å². The van der Waals surface area contributed by atoms with Crippen LogP contribution in [0.4, 0.5) is 5.13 Å². The van der Waals surface area contributed by atoms with Crippen molar-refractivity contribution in [3.8, 4) is 6.07 Å². The fourth-order valence-corrected chi connectivity index (χ4v) is 3.92. The van der Waals surface area contributed by atoms with E-state index in [1.165, 1.54) is 34.7 Å². The molecule has 8 heteroatoms. The van der Waals surface area contributed by atoms with Crippen LogP contribution in [0.2, 0.25) is 0 Å². The van der Waals surface area contributed by atoms with Crippen molar-refractivity contribution in [1.82, 2.24) is 10.2 Å². The number of nitrogens with one attached hydrogen (secondary N) is 1. The molecule has 2 aromatic heterocycles. The Balaban J connectivity index is 1.54. The standard InChI is InChI=1S/C20H12N4O2S2/c21-11-14(19(25)23-20-24-22-12-27-20)10-15-8-9-18(26-15)28-17-7-3-5-13-4-1-2-6-16(13)17/h1-10,12H,(H,23,24,25)/b14-10-. The van der Waals surface area contributed by atoms with Gasteiger partial charge in [-0.25, -0.2) is 0 Å². The van der Waals surface area contributed by atoms with Gasteiger partial charge in [-0.05, 0) is 29.0 Å². The summed E-state index contributed by atoms with van der Waals surface area (Å²) in [4.78, 5) is 13.2. The van der Waals surface area contributed by atoms with Gasteiger partial charge in [0, 0.05) is 11.0 Å². The second-order valence-corrected chi connectivity index (χ2v) is 7.48. The van der Waals surface area contributed by atoms with Gasteiger partial charge in [0.2, 0.25) is 5.13 Å². The second kappa shape index (κ2) is 8.08. The first-order valence-corrected chi connectivity index (χ1v) is 9.87. The Labute approximate surface area is 168 Å². The number of benzene rings is 2. The fourth-order valence-electron chi connectivity index (χ4n) is 2.54. The number of rotatable bonds is 5. The maximum Gasteiger partial charge on any atom is 0.268 e. The van der Waals surface area contributed by atoms with Gasteiger partial charge in [-0.1, -0.05) is 59.5 Å². The summed E-state index contributed by atoms with van der Waals surface area (Å²) in [7, 11) is 0. The highest BCUT2D eigenvalue weighted by atomic mass is 32.2. The van der Waals surface area contributed by atoms with Gasteiger partial charge in [-0.3, -0.25) is 10.1 Å². The molecule has 0 radical (unpaired) electrons. The minimum Gasteiger partial charge on any atom is -0.450 e. The second-order valence-electron chi connectivity index (χ2n) is 5.60. The van der Waals surface area contributed by atoms with Gasteiger partial charge >= 0.3 is 0 Å². The molecule has 4 rings (SSSR count). The third-order valence-corrected chi connectivity index (χ3v) is 5.40. The van der Waals surface area contributed by atoms with Crippen LogP contribution in [-0.2, 0) is 4.79 Å². The van der Waals surface area contributed by atoms with Crippen LogP contribution in [0.5, 0.6) is 0 Å². The first kappa shape index (κ1) is 18.0. The average molecular weight is 404 g/mol. The summed E-state index contributed by atoms with van der Waals surface area (Å²) in [5.41, 5.74) is 1.42. The summed E-state index contributed by atoms with van der Waals surface area (Å²) in [6.45, 7) is 0. The highest BCUT2D eigenvalue weighted by Crippen LogP contribution is 2.34. The minimum atomic E-state index is -0.557. The maximum atomic E-state index is 12.2. The molecule has 136 valence electrons. The van der Waals surface area contributed by atoms with Crippen molar-refractivity contribution in [3.63, 3.8) is 0 Å². The highest BCUT2D eigenvalue weighted by Gasteiger charge is 2.13. The zero-order valence-electron chi connectivity index (χ0n) is 14.3. The number of carbonyl (C=O) groups excluding carboxylic acids is 1. The molecule has 28 heavy (non-hydrogen) atoms. The number of furan rings is 1. The van der Waals surface area contributed by atoms with Crippen molar-refractivity contribution < 1.29 is 9.21 Å². The minimum absolute atomic E-state index is 0.0775. The zero-order valence-corrected chi connectivity index (χ0v) is 16.0. The van der Waals surface area contributed by atoms with Crippen LogP contribution in [0.25, 0.3) is 16.8 Å². The Hall–Kier alpha value is -3.41. The van der Waals surface area contributed by atoms with Crippen molar-refractivity contribution in [2.75, 3.05) is 5.32 Å². The fraction of sp³-hybridized carbons (Fsp3) is 0. The van der Waals surface area contributed by atoms with E-state index in [9.17, 15) is 10.1 Å². The lowest BCUT2D eigenvalue weighted by Gasteiger charge is -2.04. The molecular formula is C20H12N4O2S2. The summed E-state index contributed by atoms with van der Waals surface area (Å²) >= 11 is 2.66. The summed E-state index contributed by atoms with van der Waals surface area (Å²) < 4.78 is 5.78. The van der Waals surface area contributed by atoms with Crippen LogP contribution in [0.3, 0.4) is 0 Å². The molecule has 1 amide bonds. The molecule has 0 fully saturated rings. The number of carbonyl (C=O) groups is 1. The molecule has 0 bridgehead atoms. The molecule has 2 heterocycles. The molecule has 0 saturated carbocycles. The number of anilines is 1. The molecular weight excluding hydrogens is 392 g/mol.